The minimum atomic E-state index is 0.857. The normalized spacial score (nSPS) is 31.2. The van der Waals surface area contributed by atoms with Crippen LogP contribution in [-0.4, -0.2) is 37.2 Å². The average Bonchev–Trinajstić information content (AvgIpc) is 1.95. The molecular weight excluding hydrogens is 150 g/mol. The topological polar surface area (TPSA) is 12.5 Å². The SMILES string of the molecule is COCC[C@@H]1CCN1C1CCC1. The van der Waals surface area contributed by atoms with Gasteiger partial charge in [-0.15, -0.1) is 0 Å². The van der Waals surface area contributed by atoms with E-state index in [0.717, 1.165) is 18.7 Å². The van der Waals surface area contributed by atoms with Gasteiger partial charge in [-0.05, 0) is 25.7 Å². The number of hydrogen-bond acceptors (Lipinski definition) is 2. The monoisotopic (exact) mass is 169 g/mol. The molecule has 0 N–H and O–H groups in total. The van der Waals surface area contributed by atoms with Gasteiger partial charge >= 0.3 is 0 Å². The molecule has 1 aliphatic carbocycles. The van der Waals surface area contributed by atoms with E-state index in [2.05, 4.69) is 4.90 Å². The van der Waals surface area contributed by atoms with Crippen molar-refractivity contribution in [3.8, 4) is 0 Å². The van der Waals surface area contributed by atoms with Crippen molar-refractivity contribution in [1.29, 1.82) is 0 Å². The number of rotatable bonds is 4. The molecule has 1 atom stereocenters. The van der Waals surface area contributed by atoms with E-state index in [1.165, 1.54) is 38.6 Å². The molecule has 2 heteroatoms. The van der Waals surface area contributed by atoms with Gasteiger partial charge in [0.25, 0.3) is 0 Å². The maximum Gasteiger partial charge on any atom is 0.0477 e. The summed E-state index contributed by atoms with van der Waals surface area (Å²) >= 11 is 0. The van der Waals surface area contributed by atoms with Gasteiger partial charge in [0, 0.05) is 32.3 Å². The Bertz CT molecular complexity index is 145. The molecule has 0 amide bonds. The van der Waals surface area contributed by atoms with Gasteiger partial charge in [-0.25, -0.2) is 0 Å². The highest BCUT2D eigenvalue weighted by atomic mass is 16.5. The van der Waals surface area contributed by atoms with Gasteiger partial charge in [0.1, 0.15) is 0 Å². The van der Waals surface area contributed by atoms with Crippen LogP contribution in [0.5, 0.6) is 0 Å². The minimum Gasteiger partial charge on any atom is -0.385 e. The van der Waals surface area contributed by atoms with E-state index in [0.29, 0.717) is 0 Å². The van der Waals surface area contributed by atoms with Crippen molar-refractivity contribution in [1.82, 2.24) is 4.90 Å². The zero-order valence-electron chi connectivity index (χ0n) is 7.96. The zero-order valence-corrected chi connectivity index (χ0v) is 7.96. The lowest BCUT2D eigenvalue weighted by molar-refractivity contribution is -0.00917. The van der Waals surface area contributed by atoms with Crippen LogP contribution in [0.25, 0.3) is 0 Å². The predicted molar refractivity (Wildman–Crippen MR) is 49.2 cm³/mol. The molecule has 2 aliphatic rings. The molecule has 1 aliphatic heterocycles. The molecule has 0 spiro atoms. The van der Waals surface area contributed by atoms with Crippen LogP contribution >= 0.6 is 0 Å². The lowest BCUT2D eigenvalue weighted by atomic mass is 9.85. The fourth-order valence-electron chi connectivity index (χ4n) is 2.22. The van der Waals surface area contributed by atoms with Crippen LogP contribution in [0.1, 0.15) is 32.1 Å². The maximum atomic E-state index is 5.10. The summed E-state index contributed by atoms with van der Waals surface area (Å²) in [5.41, 5.74) is 0. The quantitative estimate of drug-likeness (QED) is 0.634. The second-order valence-electron chi connectivity index (χ2n) is 4.05. The Balaban J connectivity index is 1.69. The lowest BCUT2D eigenvalue weighted by Gasteiger charge is -2.49. The molecule has 0 aromatic carbocycles. The second kappa shape index (κ2) is 3.75. The molecule has 2 nitrogen and oxygen atoms in total. The molecule has 0 radical (unpaired) electrons. The van der Waals surface area contributed by atoms with Crippen molar-refractivity contribution in [2.24, 2.45) is 0 Å². The number of likely N-dealkylation sites (tertiary alicyclic amines) is 1. The summed E-state index contributed by atoms with van der Waals surface area (Å²) in [7, 11) is 1.80. The first-order valence-electron chi connectivity index (χ1n) is 5.16. The summed E-state index contributed by atoms with van der Waals surface area (Å²) in [6.45, 7) is 2.28. The fraction of sp³-hybridized carbons (Fsp3) is 1.00. The van der Waals surface area contributed by atoms with Crippen molar-refractivity contribution < 1.29 is 4.74 Å². The zero-order chi connectivity index (χ0) is 8.39. The number of nitrogens with zero attached hydrogens (tertiary/aromatic N) is 1. The van der Waals surface area contributed by atoms with Crippen molar-refractivity contribution in [3.63, 3.8) is 0 Å². The predicted octanol–water partition coefficient (Wildman–Crippen LogP) is 1.65. The van der Waals surface area contributed by atoms with Gasteiger partial charge in [0.2, 0.25) is 0 Å². The van der Waals surface area contributed by atoms with Crippen LogP contribution in [0.3, 0.4) is 0 Å². The molecule has 1 saturated carbocycles. The highest BCUT2D eigenvalue weighted by Crippen LogP contribution is 2.33. The summed E-state index contributed by atoms with van der Waals surface area (Å²) in [6, 6.07) is 1.80. The first-order chi connectivity index (χ1) is 5.92. The van der Waals surface area contributed by atoms with Crippen LogP contribution in [0.2, 0.25) is 0 Å². The third-order valence-corrected chi connectivity index (χ3v) is 3.39. The smallest absolute Gasteiger partial charge is 0.0477 e. The van der Waals surface area contributed by atoms with Gasteiger partial charge < -0.3 is 4.74 Å². The molecule has 0 unspecified atom stereocenters. The average molecular weight is 169 g/mol. The van der Waals surface area contributed by atoms with Crippen molar-refractivity contribution in [2.45, 2.75) is 44.2 Å². The summed E-state index contributed by atoms with van der Waals surface area (Å²) in [6.07, 6.45) is 7.00. The van der Waals surface area contributed by atoms with Gasteiger partial charge in [0.05, 0.1) is 0 Å². The number of methoxy groups -OCH3 is 1. The first kappa shape index (κ1) is 8.52. The lowest BCUT2D eigenvalue weighted by Crippen LogP contribution is -2.55. The first-order valence-corrected chi connectivity index (χ1v) is 5.16. The Hall–Kier alpha value is -0.0800. The summed E-state index contributed by atoms with van der Waals surface area (Å²) in [5.74, 6) is 0. The van der Waals surface area contributed by atoms with Crippen LogP contribution in [-0.2, 0) is 4.74 Å². The molecule has 2 fully saturated rings. The standard InChI is InChI=1S/C10H19NO/c1-12-8-6-10-5-7-11(10)9-3-2-4-9/h9-10H,2-8H2,1H3/t10-/m0/s1. The molecule has 0 aromatic heterocycles. The Morgan fingerprint density at radius 1 is 1.33 bits per heavy atom. The van der Waals surface area contributed by atoms with E-state index in [1.807, 2.05) is 0 Å². The Morgan fingerprint density at radius 3 is 2.58 bits per heavy atom. The molecule has 1 heterocycles. The second-order valence-corrected chi connectivity index (χ2v) is 4.05. The summed E-state index contributed by atoms with van der Waals surface area (Å²) < 4.78 is 5.10. The number of ether oxygens (including phenoxy) is 1. The van der Waals surface area contributed by atoms with E-state index in [-0.39, 0.29) is 0 Å². The Morgan fingerprint density at radius 2 is 2.17 bits per heavy atom. The van der Waals surface area contributed by atoms with Gasteiger partial charge in [0.15, 0.2) is 0 Å². The van der Waals surface area contributed by atoms with Crippen LogP contribution in [0.15, 0.2) is 0 Å². The van der Waals surface area contributed by atoms with E-state index in [1.54, 1.807) is 7.11 Å². The minimum absolute atomic E-state index is 0.857. The highest BCUT2D eigenvalue weighted by Gasteiger charge is 2.35. The molecular formula is C10H19NO. The molecule has 0 aromatic rings. The summed E-state index contributed by atoms with van der Waals surface area (Å²) in [5, 5.41) is 0. The van der Waals surface area contributed by atoms with Crippen LogP contribution in [0, 0.1) is 0 Å². The molecule has 70 valence electrons. The van der Waals surface area contributed by atoms with Gasteiger partial charge in [-0.2, -0.15) is 0 Å². The van der Waals surface area contributed by atoms with E-state index in [9.17, 15) is 0 Å². The van der Waals surface area contributed by atoms with E-state index in [4.69, 9.17) is 4.74 Å². The largest absolute Gasteiger partial charge is 0.385 e. The Labute approximate surface area is 74.9 Å². The summed E-state index contributed by atoms with van der Waals surface area (Å²) in [4.78, 5) is 2.68. The van der Waals surface area contributed by atoms with Crippen LogP contribution in [0.4, 0.5) is 0 Å². The van der Waals surface area contributed by atoms with Gasteiger partial charge in [-0.1, -0.05) is 6.42 Å². The van der Waals surface area contributed by atoms with Crippen molar-refractivity contribution in [3.05, 3.63) is 0 Å². The fourth-order valence-corrected chi connectivity index (χ4v) is 2.22. The van der Waals surface area contributed by atoms with Crippen molar-refractivity contribution >= 4 is 0 Å². The molecule has 0 bridgehead atoms. The van der Waals surface area contributed by atoms with E-state index < -0.39 is 0 Å². The van der Waals surface area contributed by atoms with Crippen molar-refractivity contribution in [2.75, 3.05) is 20.3 Å². The maximum absolute atomic E-state index is 5.10. The molecule has 2 rings (SSSR count). The third-order valence-electron chi connectivity index (χ3n) is 3.39. The number of hydrogen-bond donors (Lipinski definition) is 0. The third kappa shape index (κ3) is 1.50. The highest BCUT2D eigenvalue weighted by molar-refractivity contribution is 4.91. The van der Waals surface area contributed by atoms with E-state index >= 15 is 0 Å². The van der Waals surface area contributed by atoms with Crippen LogP contribution < -0.4 is 0 Å². The molecule has 12 heavy (non-hydrogen) atoms. The van der Waals surface area contributed by atoms with Gasteiger partial charge in [-0.3, -0.25) is 4.90 Å². The Kier molecular flexibility index (Phi) is 2.66. The molecule has 1 saturated heterocycles.